The predicted molar refractivity (Wildman–Crippen MR) is 81.4 cm³/mol. The number of nitrogens with zero attached hydrogens (tertiary/aromatic N) is 1. The van der Waals surface area contributed by atoms with Crippen LogP contribution in [0.5, 0.6) is 0 Å². The topological polar surface area (TPSA) is 46.3 Å². The Bertz CT molecular complexity index is 490. The lowest BCUT2D eigenvalue weighted by molar-refractivity contribution is -0.135. The molecule has 3 heteroatoms. The molecule has 2 aliphatic rings. The van der Waals surface area contributed by atoms with Gasteiger partial charge in [0, 0.05) is 18.3 Å². The van der Waals surface area contributed by atoms with Crippen LogP contribution in [0.25, 0.3) is 0 Å². The Balaban J connectivity index is 1.83. The van der Waals surface area contributed by atoms with Gasteiger partial charge in [-0.1, -0.05) is 25.0 Å². The molecule has 2 N–H and O–H groups in total. The van der Waals surface area contributed by atoms with Crippen LogP contribution in [0.3, 0.4) is 0 Å². The van der Waals surface area contributed by atoms with Gasteiger partial charge in [-0.05, 0) is 50.3 Å². The summed E-state index contributed by atoms with van der Waals surface area (Å²) in [6.07, 6.45) is 6.76. The van der Waals surface area contributed by atoms with Crippen molar-refractivity contribution >= 4 is 11.6 Å². The van der Waals surface area contributed by atoms with Crippen LogP contribution in [0.4, 0.5) is 5.69 Å². The molecule has 20 heavy (non-hydrogen) atoms. The quantitative estimate of drug-likeness (QED) is 0.841. The van der Waals surface area contributed by atoms with Crippen molar-refractivity contribution in [3.63, 3.8) is 0 Å². The standard InChI is InChI=1S/C17H24N2O/c1-13-5-3-2-4-12-19(13)16(20)17(10-11-17)14-6-8-15(18)9-7-14/h6-9,13H,2-5,10-12,18H2,1H3. The van der Waals surface area contributed by atoms with Crippen molar-refractivity contribution < 1.29 is 4.79 Å². The van der Waals surface area contributed by atoms with Gasteiger partial charge < -0.3 is 10.6 Å². The molecule has 1 atom stereocenters. The Morgan fingerprint density at radius 2 is 1.90 bits per heavy atom. The number of amides is 1. The molecular weight excluding hydrogens is 248 g/mol. The molecule has 3 rings (SSSR count). The average Bonchev–Trinajstić information content (AvgIpc) is 3.25. The second-order valence-electron chi connectivity index (χ2n) is 6.40. The third-order valence-corrected chi connectivity index (χ3v) is 4.94. The van der Waals surface area contributed by atoms with Gasteiger partial charge in [-0.25, -0.2) is 0 Å². The summed E-state index contributed by atoms with van der Waals surface area (Å²) in [5.41, 5.74) is 7.42. The van der Waals surface area contributed by atoms with E-state index in [0.29, 0.717) is 11.9 Å². The van der Waals surface area contributed by atoms with E-state index >= 15 is 0 Å². The summed E-state index contributed by atoms with van der Waals surface area (Å²) < 4.78 is 0. The van der Waals surface area contributed by atoms with Gasteiger partial charge in [-0.3, -0.25) is 4.79 Å². The number of anilines is 1. The fraction of sp³-hybridized carbons (Fsp3) is 0.588. The summed E-state index contributed by atoms with van der Waals surface area (Å²) in [5, 5.41) is 0. The van der Waals surface area contributed by atoms with Gasteiger partial charge in [0.05, 0.1) is 5.41 Å². The number of benzene rings is 1. The number of carbonyl (C=O) groups excluding carboxylic acids is 1. The first-order chi connectivity index (χ1) is 9.63. The average molecular weight is 272 g/mol. The molecule has 0 aromatic heterocycles. The van der Waals surface area contributed by atoms with Gasteiger partial charge in [0.2, 0.25) is 5.91 Å². The Hall–Kier alpha value is -1.51. The first kappa shape index (κ1) is 13.5. The molecule has 0 radical (unpaired) electrons. The highest BCUT2D eigenvalue weighted by Gasteiger charge is 2.53. The molecule has 1 saturated carbocycles. The highest BCUT2D eigenvalue weighted by molar-refractivity contribution is 5.91. The predicted octanol–water partition coefficient (Wildman–Crippen LogP) is 3.09. The summed E-state index contributed by atoms with van der Waals surface area (Å²) in [6.45, 7) is 3.12. The molecule has 3 nitrogen and oxygen atoms in total. The zero-order valence-corrected chi connectivity index (χ0v) is 12.3. The maximum Gasteiger partial charge on any atom is 0.233 e. The van der Waals surface area contributed by atoms with Crippen LogP contribution in [0.2, 0.25) is 0 Å². The van der Waals surface area contributed by atoms with E-state index in [9.17, 15) is 4.79 Å². The molecule has 1 aliphatic heterocycles. The maximum atomic E-state index is 13.0. The smallest absolute Gasteiger partial charge is 0.233 e. The lowest BCUT2D eigenvalue weighted by Crippen LogP contribution is -2.44. The van der Waals surface area contributed by atoms with Gasteiger partial charge in [0.15, 0.2) is 0 Å². The Labute approximate surface area is 121 Å². The van der Waals surface area contributed by atoms with Crippen molar-refractivity contribution in [1.82, 2.24) is 4.90 Å². The van der Waals surface area contributed by atoms with Crippen LogP contribution < -0.4 is 5.73 Å². The highest BCUT2D eigenvalue weighted by atomic mass is 16.2. The molecule has 1 aliphatic carbocycles. The summed E-state index contributed by atoms with van der Waals surface area (Å²) in [5.74, 6) is 0.344. The number of hydrogen-bond acceptors (Lipinski definition) is 2. The second-order valence-corrected chi connectivity index (χ2v) is 6.40. The van der Waals surface area contributed by atoms with Crippen LogP contribution in [0, 0.1) is 0 Å². The van der Waals surface area contributed by atoms with E-state index < -0.39 is 0 Å². The second kappa shape index (κ2) is 5.12. The normalized spacial score (nSPS) is 25.1. The van der Waals surface area contributed by atoms with E-state index in [2.05, 4.69) is 11.8 Å². The number of nitrogen functional groups attached to an aromatic ring is 1. The molecule has 0 bridgehead atoms. The van der Waals surface area contributed by atoms with Crippen LogP contribution in [-0.4, -0.2) is 23.4 Å². The molecule has 1 saturated heterocycles. The maximum absolute atomic E-state index is 13.0. The summed E-state index contributed by atoms with van der Waals surface area (Å²) in [7, 11) is 0. The van der Waals surface area contributed by atoms with Crippen molar-refractivity contribution in [2.75, 3.05) is 12.3 Å². The Kier molecular flexibility index (Phi) is 3.45. The molecule has 1 amide bonds. The highest BCUT2D eigenvalue weighted by Crippen LogP contribution is 2.50. The molecule has 1 unspecified atom stereocenters. The number of hydrogen-bond donors (Lipinski definition) is 1. The molecule has 108 valence electrons. The van der Waals surface area contributed by atoms with E-state index in [1.54, 1.807) is 0 Å². The molecule has 2 fully saturated rings. The first-order valence-electron chi connectivity index (χ1n) is 7.80. The number of rotatable bonds is 2. The summed E-state index contributed by atoms with van der Waals surface area (Å²) in [6, 6.07) is 8.27. The number of nitrogens with two attached hydrogens (primary N) is 1. The molecule has 1 aromatic rings. The molecule has 1 heterocycles. The largest absolute Gasteiger partial charge is 0.399 e. The third-order valence-electron chi connectivity index (χ3n) is 4.94. The van der Waals surface area contributed by atoms with Crippen LogP contribution in [0.1, 0.15) is 51.0 Å². The third kappa shape index (κ3) is 2.30. The van der Waals surface area contributed by atoms with E-state index in [-0.39, 0.29) is 5.41 Å². The van der Waals surface area contributed by atoms with Gasteiger partial charge in [0.1, 0.15) is 0 Å². The van der Waals surface area contributed by atoms with Crippen LogP contribution in [-0.2, 0) is 10.2 Å². The minimum atomic E-state index is -0.244. The fourth-order valence-corrected chi connectivity index (χ4v) is 3.40. The number of likely N-dealkylation sites (tertiary alicyclic amines) is 1. The van der Waals surface area contributed by atoms with Gasteiger partial charge in [-0.15, -0.1) is 0 Å². The van der Waals surface area contributed by atoms with Crippen LogP contribution >= 0.6 is 0 Å². The van der Waals surface area contributed by atoms with Crippen molar-refractivity contribution in [2.24, 2.45) is 0 Å². The van der Waals surface area contributed by atoms with E-state index in [1.807, 2.05) is 24.3 Å². The fourth-order valence-electron chi connectivity index (χ4n) is 3.40. The SMILES string of the molecule is CC1CCCCCN1C(=O)C1(c2ccc(N)cc2)CC1. The summed E-state index contributed by atoms with van der Waals surface area (Å²) in [4.78, 5) is 15.2. The monoisotopic (exact) mass is 272 g/mol. The first-order valence-corrected chi connectivity index (χ1v) is 7.80. The number of carbonyl (C=O) groups is 1. The molecule has 1 aromatic carbocycles. The van der Waals surface area contributed by atoms with Gasteiger partial charge >= 0.3 is 0 Å². The zero-order chi connectivity index (χ0) is 14.2. The van der Waals surface area contributed by atoms with E-state index in [0.717, 1.165) is 43.5 Å². The lowest BCUT2D eigenvalue weighted by Gasteiger charge is -2.31. The van der Waals surface area contributed by atoms with Crippen molar-refractivity contribution in [1.29, 1.82) is 0 Å². The Morgan fingerprint density at radius 3 is 2.55 bits per heavy atom. The van der Waals surface area contributed by atoms with E-state index in [1.165, 1.54) is 12.8 Å². The lowest BCUT2D eigenvalue weighted by atomic mass is 9.93. The molecular formula is C17H24N2O. The van der Waals surface area contributed by atoms with Crippen molar-refractivity contribution in [3.05, 3.63) is 29.8 Å². The molecule has 0 spiro atoms. The van der Waals surface area contributed by atoms with Gasteiger partial charge in [-0.2, -0.15) is 0 Å². The minimum Gasteiger partial charge on any atom is -0.399 e. The van der Waals surface area contributed by atoms with Gasteiger partial charge in [0.25, 0.3) is 0 Å². The van der Waals surface area contributed by atoms with Crippen LogP contribution in [0.15, 0.2) is 24.3 Å². The van der Waals surface area contributed by atoms with Crippen molar-refractivity contribution in [3.8, 4) is 0 Å². The van der Waals surface area contributed by atoms with Crippen molar-refractivity contribution in [2.45, 2.75) is 56.9 Å². The summed E-state index contributed by atoms with van der Waals surface area (Å²) >= 11 is 0. The van der Waals surface area contributed by atoms with E-state index in [4.69, 9.17) is 5.73 Å². The zero-order valence-electron chi connectivity index (χ0n) is 12.3. The minimum absolute atomic E-state index is 0.244. The Morgan fingerprint density at radius 1 is 1.20 bits per heavy atom.